The van der Waals surface area contributed by atoms with E-state index in [2.05, 4.69) is 19.1 Å². The van der Waals surface area contributed by atoms with Crippen LogP contribution >= 0.6 is 0 Å². The third-order valence-corrected chi connectivity index (χ3v) is 4.63. The maximum atomic E-state index is 10.1. The number of fused-ring (bicyclic) bond motifs is 2. The number of aromatic hydroxyl groups is 1. The van der Waals surface area contributed by atoms with Crippen LogP contribution in [0.3, 0.4) is 0 Å². The predicted octanol–water partition coefficient (Wildman–Crippen LogP) is 3.80. The lowest BCUT2D eigenvalue weighted by molar-refractivity contribution is 0.133. The van der Waals surface area contributed by atoms with Crippen LogP contribution in [0.1, 0.15) is 30.4 Å². The number of hydrogen-bond acceptors (Lipinski definition) is 2. The molecule has 0 bridgehead atoms. The lowest BCUT2D eigenvalue weighted by Crippen LogP contribution is -2.25. The van der Waals surface area contributed by atoms with Crippen LogP contribution < -0.4 is 4.74 Å². The van der Waals surface area contributed by atoms with Crippen molar-refractivity contribution >= 4 is 0 Å². The molecule has 2 heteroatoms. The summed E-state index contributed by atoms with van der Waals surface area (Å²) < 4.78 is 6.27. The highest BCUT2D eigenvalue weighted by Gasteiger charge is 2.64. The second kappa shape index (κ2) is 3.53. The van der Waals surface area contributed by atoms with Gasteiger partial charge in [0.15, 0.2) is 0 Å². The van der Waals surface area contributed by atoms with Gasteiger partial charge in [-0.05, 0) is 30.0 Å². The third kappa shape index (κ3) is 1.37. The van der Waals surface area contributed by atoms with Gasteiger partial charge in [-0.1, -0.05) is 43.3 Å². The number of phenols is 1. The molecule has 0 amide bonds. The van der Waals surface area contributed by atoms with Gasteiger partial charge in [-0.2, -0.15) is 0 Å². The Morgan fingerprint density at radius 3 is 2.68 bits per heavy atom. The zero-order chi connectivity index (χ0) is 13.0. The summed E-state index contributed by atoms with van der Waals surface area (Å²) in [6, 6.07) is 15.8. The van der Waals surface area contributed by atoms with Gasteiger partial charge in [0, 0.05) is 11.5 Å². The molecule has 0 spiro atoms. The zero-order valence-corrected chi connectivity index (χ0v) is 10.8. The minimum atomic E-state index is -0.306. The Kier molecular flexibility index (Phi) is 2.03. The summed E-state index contributed by atoms with van der Waals surface area (Å²) in [5.74, 6) is 2.25. The van der Waals surface area contributed by atoms with Crippen molar-refractivity contribution in [3.05, 3.63) is 59.7 Å². The maximum absolute atomic E-state index is 10.1. The lowest BCUT2D eigenvalue weighted by Gasteiger charge is -2.30. The maximum Gasteiger partial charge on any atom is 0.141 e. The number of phenolic OH excluding ortho intramolecular Hbond substituents is 1. The summed E-state index contributed by atoms with van der Waals surface area (Å²) in [4.78, 5) is 0. The summed E-state index contributed by atoms with van der Waals surface area (Å²) in [6.45, 7) is 2.26. The Balaban J connectivity index is 1.83. The summed E-state index contributed by atoms with van der Waals surface area (Å²) in [5.41, 5.74) is 1.91. The first-order valence-electron chi connectivity index (χ1n) is 6.79. The first-order valence-corrected chi connectivity index (χ1v) is 6.79. The molecule has 0 radical (unpaired) electrons. The van der Waals surface area contributed by atoms with Gasteiger partial charge in [0.05, 0.1) is 0 Å². The summed E-state index contributed by atoms with van der Waals surface area (Å²) in [5, 5.41) is 10.1. The highest BCUT2D eigenvalue weighted by Crippen LogP contribution is 2.66. The molecule has 2 aliphatic rings. The fraction of sp³-hybridized carbons (Fsp3) is 0.294. The van der Waals surface area contributed by atoms with Crippen LogP contribution in [-0.4, -0.2) is 5.11 Å². The largest absolute Gasteiger partial charge is 0.508 e. The Hall–Kier alpha value is -1.96. The molecule has 19 heavy (non-hydrogen) atoms. The molecule has 1 N–H and O–H groups in total. The van der Waals surface area contributed by atoms with Crippen molar-refractivity contribution < 1.29 is 9.84 Å². The molecule has 1 saturated carbocycles. The van der Waals surface area contributed by atoms with Gasteiger partial charge >= 0.3 is 0 Å². The molecule has 1 aliphatic carbocycles. The average molecular weight is 252 g/mol. The van der Waals surface area contributed by atoms with Gasteiger partial charge in [-0.25, -0.2) is 0 Å². The second-order valence-electron chi connectivity index (χ2n) is 5.65. The van der Waals surface area contributed by atoms with Gasteiger partial charge in [0.2, 0.25) is 0 Å². The van der Waals surface area contributed by atoms with Gasteiger partial charge in [0.1, 0.15) is 17.1 Å². The number of para-hydroxylation sites is 2. The van der Waals surface area contributed by atoms with Gasteiger partial charge in [0.25, 0.3) is 0 Å². The molecule has 1 aliphatic heterocycles. The number of hydrogen-bond donors (Lipinski definition) is 1. The van der Waals surface area contributed by atoms with Crippen LogP contribution in [0.15, 0.2) is 48.5 Å². The van der Waals surface area contributed by atoms with E-state index in [-0.39, 0.29) is 5.60 Å². The molecule has 2 nitrogen and oxygen atoms in total. The van der Waals surface area contributed by atoms with E-state index in [1.165, 1.54) is 5.56 Å². The van der Waals surface area contributed by atoms with Crippen LogP contribution in [0.25, 0.3) is 0 Å². The summed E-state index contributed by atoms with van der Waals surface area (Å²) in [6.07, 6.45) is 0.987. The zero-order valence-electron chi connectivity index (χ0n) is 10.8. The summed E-state index contributed by atoms with van der Waals surface area (Å²) in [7, 11) is 0. The van der Waals surface area contributed by atoms with E-state index >= 15 is 0 Å². The van der Waals surface area contributed by atoms with Crippen molar-refractivity contribution in [1.82, 2.24) is 0 Å². The van der Waals surface area contributed by atoms with Crippen molar-refractivity contribution in [3.63, 3.8) is 0 Å². The molecule has 3 unspecified atom stereocenters. The van der Waals surface area contributed by atoms with Crippen molar-refractivity contribution in [2.24, 2.45) is 5.92 Å². The smallest absolute Gasteiger partial charge is 0.141 e. The SMILES string of the molecule is CC1c2ccccc2OC2(c3ccccc3O)CC12. The van der Waals surface area contributed by atoms with E-state index < -0.39 is 0 Å². The van der Waals surface area contributed by atoms with Crippen LogP contribution in [0.4, 0.5) is 0 Å². The van der Waals surface area contributed by atoms with Crippen molar-refractivity contribution in [3.8, 4) is 11.5 Å². The van der Waals surface area contributed by atoms with E-state index in [1.807, 2.05) is 30.3 Å². The molecule has 1 heterocycles. The molecule has 1 fully saturated rings. The van der Waals surface area contributed by atoms with Gasteiger partial charge in [-0.15, -0.1) is 0 Å². The van der Waals surface area contributed by atoms with E-state index in [0.29, 0.717) is 17.6 Å². The Morgan fingerprint density at radius 2 is 1.84 bits per heavy atom. The standard InChI is InChI=1S/C17H16O2/c1-11-12-6-2-5-9-16(12)19-17(10-14(11)17)13-7-3-4-8-15(13)18/h2-9,11,14,18H,10H2,1H3. The molecule has 2 aromatic rings. The number of ether oxygens (including phenoxy) is 1. The Morgan fingerprint density at radius 1 is 1.11 bits per heavy atom. The predicted molar refractivity (Wildman–Crippen MR) is 73.4 cm³/mol. The quantitative estimate of drug-likeness (QED) is 0.836. The van der Waals surface area contributed by atoms with E-state index in [0.717, 1.165) is 17.7 Å². The monoisotopic (exact) mass is 252 g/mol. The molecule has 0 aromatic heterocycles. The summed E-state index contributed by atoms with van der Waals surface area (Å²) >= 11 is 0. The fourth-order valence-electron chi connectivity index (χ4n) is 3.52. The lowest BCUT2D eigenvalue weighted by atomic mass is 9.88. The highest BCUT2D eigenvalue weighted by atomic mass is 16.5. The molecular formula is C17H16O2. The van der Waals surface area contributed by atoms with Gasteiger partial charge in [-0.3, -0.25) is 0 Å². The topological polar surface area (TPSA) is 29.5 Å². The van der Waals surface area contributed by atoms with Crippen molar-refractivity contribution in [2.45, 2.75) is 24.9 Å². The second-order valence-corrected chi connectivity index (χ2v) is 5.65. The normalized spacial score (nSPS) is 31.0. The minimum Gasteiger partial charge on any atom is -0.508 e. The first kappa shape index (κ1) is 10.9. The molecule has 3 atom stereocenters. The van der Waals surface area contributed by atoms with Crippen molar-refractivity contribution in [1.29, 1.82) is 0 Å². The Labute approximate surface area is 112 Å². The van der Waals surface area contributed by atoms with Crippen LogP contribution in [-0.2, 0) is 5.60 Å². The van der Waals surface area contributed by atoms with Crippen LogP contribution in [0.2, 0.25) is 0 Å². The Bertz CT molecular complexity index is 649. The van der Waals surface area contributed by atoms with Crippen LogP contribution in [0.5, 0.6) is 11.5 Å². The molecule has 96 valence electrons. The molecule has 0 saturated heterocycles. The highest BCUT2D eigenvalue weighted by molar-refractivity contribution is 5.49. The molecular weight excluding hydrogens is 236 g/mol. The minimum absolute atomic E-state index is 0.306. The van der Waals surface area contributed by atoms with Crippen LogP contribution in [0, 0.1) is 5.92 Å². The van der Waals surface area contributed by atoms with E-state index in [9.17, 15) is 5.11 Å². The average Bonchev–Trinajstić information content (AvgIpc) is 3.15. The van der Waals surface area contributed by atoms with E-state index in [4.69, 9.17) is 4.74 Å². The van der Waals surface area contributed by atoms with Crippen molar-refractivity contribution in [2.75, 3.05) is 0 Å². The molecule has 4 rings (SSSR count). The first-order chi connectivity index (χ1) is 9.22. The number of rotatable bonds is 1. The fourth-order valence-corrected chi connectivity index (χ4v) is 3.52. The van der Waals surface area contributed by atoms with E-state index in [1.54, 1.807) is 6.07 Å². The third-order valence-electron chi connectivity index (χ3n) is 4.63. The molecule has 2 aromatic carbocycles. The number of benzene rings is 2. The van der Waals surface area contributed by atoms with Gasteiger partial charge < -0.3 is 9.84 Å².